The van der Waals surface area contributed by atoms with Crippen LogP contribution in [0.1, 0.15) is 62.4 Å². The summed E-state index contributed by atoms with van der Waals surface area (Å²) in [6.07, 6.45) is 7.58. The first kappa shape index (κ1) is 33.0. The molecule has 2 aromatic carbocycles. The van der Waals surface area contributed by atoms with E-state index in [0.717, 1.165) is 32.5 Å². The van der Waals surface area contributed by atoms with Crippen molar-refractivity contribution in [2.24, 2.45) is 29.6 Å². The predicted molar refractivity (Wildman–Crippen MR) is 190 cm³/mol. The molecule has 1 spiro atoms. The molecular weight excluding hydrogens is 616 g/mol. The number of fused-ring (bicyclic) bond motifs is 9. The molecule has 262 valence electrons. The highest BCUT2D eigenvalue weighted by molar-refractivity contribution is 5.85. The number of aromatic amines is 1. The van der Waals surface area contributed by atoms with Crippen molar-refractivity contribution in [3.8, 4) is 0 Å². The summed E-state index contributed by atoms with van der Waals surface area (Å²) < 4.78 is 12.9. The Kier molecular flexibility index (Phi) is 8.04. The molecule has 1 aliphatic carbocycles. The average Bonchev–Trinajstić information content (AvgIpc) is 3.80. The van der Waals surface area contributed by atoms with Crippen LogP contribution in [0.4, 0.5) is 5.69 Å². The Morgan fingerprint density at radius 3 is 2.71 bits per heavy atom. The van der Waals surface area contributed by atoms with Gasteiger partial charge in [0.15, 0.2) is 0 Å². The number of hydrogen-bond donors (Lipinski definition) is 1. The number of nitrogens with zero attached hydrogens (tertiary/aromatic N) is 3. The van der Waals surface area contributed by atoms with Gasteiger partial charge in [0.2, 0.25) is 0 Å². The van der Waals surface area contributed by atoms with E-state index in [4.69, 9.17) is 9.47 Å². The van der Waals surface area contributed by atoms with Crippen LogP contribution in [0.15, 0.2) is 60.2 Å². The summed E-state index contributed by atoms with van der Waals surface area (Å²) >= 11 is 0. The van der Waals surface area contributed by atoms with Crippen molar-refractivity contribution >= 4 is 22.6 Å². The molecule has 7 aliphatic rings. The number of esters is 1. The molecule has 10 atom stereocenters. The number of nitrogens with one attached hydrogen (secondary N) is 1. The van der Waals surface area contributed by atoms with E-state index in [1.54, 1.807) is 7.11 Å². The van der Waals surface area contributed by atoms with Gasteiger partial charge in [-0.3, -0.25) is 14.6 Å². The van der Waals surface area contributed by atoms with E-state index in [1.807, 2.05) is 0 Å². The summed E-state index contributed by atoms with van der Waals surface area (Å²) in [7, 11) is 1.58. The molecule has 1 saturated carbocycles. The lowest BCUT2D eigenvalue weighted by atomic mass is 9.54. The molecule has 9 heteroatoms. The molecule has 7 heterocycles. The maximum absolute atomic E-state index is 14.3. The van der Waals surface area contributed by atoms with E-state index < -0.39 is 5.92 Å². The number of benzene rings is 2. The number of hydrogen-bond acceptors (Lipinski definition) is 6. The molecule has 10 rings (SSSR count). The zero-order chi connectivity index (χ0) is 31.6. The Morgan fingerprint density at radius 2 is 1.90 bits per heavy atom. The molecule has 3 aromatic rings. The van der Waals surface area contributed by atoms with E-state index in [1.165, 1.54) is 71.3 Å². The number of piperidine rings is 2. The molecule has 0 unspecified atom stereocenters. The van der Waals surface area contributed by atoms with Crippen LogP contribution in [-0.2, 0) is 26.1 Å². The second kappa shape index (κ2) is 11.9. The lowest BCUT2D eigenvalue weighted by Crippen LogP contribution is -2.71. The van der Waals surface area contributed by atoms with E-state index >= 15 is 0 Å². The highest BCUT2D eigenvalue weighted by atomic mass is 16.5. The summed E-state index contributed by atoms with van der Waals surface area (Å²) in [4.78, 5) is 26.3. The van der Waals surface area contributed by atoms with Gasteiger partial charge in [0.25, 0.3) is 0 Å². The summed E-state index contributed by atoms with van der Waals surface area (Å²) in [6, 6.07) is 19.1. The minimum absolute atomic E-state index is 0. The predicted octanol–water partition coefficient (Wildman–Crippen LogP) is 4.41. The van der Waals surface area contributed by atoms with Crippen LogP contribution >= 0.6 is 0 Å². The van der Waals surface area contributed by atoms with E-state index in [9.17, 15) is 4.79 Å². The van der Waals surface area contributed by atoms with Gasteiger partial charge in [-0.2, -0.15) is 0 Å². The van der Waals surface area contributed by atoms with Gasteiger partial charge in [0.05, 0.1) is 19.8 Å². The molecule has 0 radical (unpaired) electrons. The highest BCUT2D eigenvalue weighted by Crippen LogP contribution is 2.65. The second-order valence-corrected chi connectivity index (χ2v) is 15.7. The zero-order valence-corrected chi connectivity index (χ0v) is 29.0. The van der Waals surface area contributed by atoms with E-state index in [2.05, 4.69) is 88.1 Å². The summed E-state index contributed by atoms with van der Waals surface area (Å²) in [5, 5.41) is 1.35. The lowest BCUT2D eigenvalue weighted by molar-refractivity contribution is -0.165. The summed E-state index contributed by atoms with van der Waals surface area (Å²) in [5.41, 5.74) is 8.28. The van der Waals surface area contributed by atoms with Crippen LogP contribution in [0.5, 0.6) is 0 Å². The van der Waals surface area contributed by atoms with Crippen molar-refractivity contribution in [1.29, 1.82) is 0 Å². The van der Waals surface area contributed by atoms with Gasteiger partial charge < -0.3 is 30.3 Å². The number of carbonyl (C=O) groups is 1. The molecule has 1 aromatic heterocycles. The van der Waals surface area contributed by atoms with Crippen molar-refractivity contribution in [3.05, 3.63) is 77.0 Å². The van der Waals surface area contributed by atoms with Crippen LogP contribution in [0.3, 0.4) is 0 Å². The van der Waals surface area contributed by atoms with Gasteiger partial charge in [-0.15, -0.1) is 0 Å². The highest BCUT2D eigenvalue weighted by Gasteiger charge is 2.70. The first-order chi connectivity index (χ1) is 23.1. The van der Waals surface area contributed by atoms with Gasteiger partial charge >= 0.3 is 5.97 Å². The average molecular weight is 669 g/mol. The van der Waals surface area contributed by atoms with Crippen molar-refractivity contribution < 1.29 is 25.2 Å². The fourth-order valence-corrected chi connectivity index (χ4v) is 12.5. The van der Waals surface area contributed by atoms with Crippen LogP contribution in [0.25, 0.3) is 10.9 Å². The smallest absolute Gasteiger partial charge is 0.313 e. The largest absolute Gasteiger partial charge is 0.469 e. The molecule has 9 nitrogen and oxygen atoms in total. The molecule has 49 heavy (non-hydrogen) atoms. The van der Waals surface area contributed by atoms with Crippen molar-refractivity contribution in [2.75, 3.05) is 44.8 Å². The maximum atomic E-state index is 14.3. The number of carbonyl (C=O) groups excluding carboxylic acids is 1. The number of methoxy groups -OCH3 is 1. The molecule has 4 saturated heterocycles. The van der Waals surface area contributed by atoms with Crippen LogP contribution in [0.2, 0.25) is 0 Å². The Balaban J connectivity index is 0.00000174. The first-order valence-electron chi connectivity index (χ1n) is 18.4. The number of H-pyrrole nitrogens is 1. The Hall–Kier alpha value is -3.21. The molecular formula is C40H52N4O5. The molecule has 0 amide bonds. The third kappa shape index (κ3) is 4.26. The van der Waals surface area contributed by atoms with Crippen LogP contribution < -0.4 is 4.90 Å². The fraction of sp³-hybridized carbons (Fsp3) is 0.575. The van der Waals surface area contributed by atoms with Gasteiger partial charge in [-0.05, 0) is 74.2 Å². The van der Waals surface area contributed by atoms with Gasteiger partial charge in [0.1, 0.15) is 12.1 Å². The third-order valence-corrected chi connectivity index (χ3v) is 14.3. The van der Waals surface area contributed by atoms with Crippen molar-refractivity contribution in [1.82, 2.24) is 14.8 Å². The quantitative estimate of drug-likeness (QED) is 0.325. The number of anilines is 1. The first-order valence-corrected chi connectivity index (χ1v) is 18.4. The fourth-order valence-electron chi connectivity index (χ4n) is 12.5. The van der Waals surface area contributed by atoms with Crippen LogP contribution in [0, 0.1) is 29.6 Å². The minimum Gasteiger partial charge on any atom is -0.469 e. The lowest BCUT2D eigenvalue weighted by Gasteiger charge is -2.61. The second-order valence-electron chi connectivity index (χ2n) is 15.7. The number of rotatable bonds is 4. The third-order valence-electron chi connectivity index (χ3n) is 14.3. The molecule has 2 bridgehead atoms. The summed E-state index contributed by atoms with van der Waals surface area (Å²) in [5.74, 6) is 1.35. The molecule has 6 aliphatic heterocycles. The number of ether oxygens (including phenoxy) is 2. The SMILES string of the molecule is C/C=C1/CN2CCc3c([nH]c4ccccc34)[C@@H]2C[C@H]1[C@@H](C(=O)OC)[C@@H]1OC[C@H]2[C@H]3C[C@@H]4N(CC[C@@]45c4ccccc4N1[C@@H]25)C[C@H]3CC.O.O. The van der Waals surface area contributed by atoms with Crippen molar-refractivity contribution in [2.45, 2.75) is 75.7 Å². The molecule has 5 fully saturated rings. The maximum Gasteiger partial charge on any atom is 0.313 e. The van der Waals surface area contributed by atoms with Crippen molar-refractivity contribution in [3.63, 3.8) is 0 Å². The Labute approximate surface area is 289 Å². The molecule has 5 N–H and O–H groups in total. The van der Waals surface area contributed by atoms with E-state index in [0.29, 0.717) is 29.8 Å². The number of para-hydroxylation sites is 2. The van der Waals surface area contributed by atoms with Crippen LogP contribution in [-0.4, -0.2) is 89.9 Å². The van der Waals surface area contributed by atoms with Gasteiger partial charge in [-0.25, -0.2) is 0 Å². The minimum atomic E-state index is -0.409. The summed E-state index contributed by atoms with van der Waals surface area (Å²) in [6.45, 7) is 9.62. The monoisotopic (exact) mass is 668 g/mol. The normalized spacial score (nSPS) is 37.0. The zero-order valence-electron chi connectivity index (χ0n) is 29.0. The Bertz CT molecular complexity index is 1790. The number of allylic oxidation sites excluding steroid dienone is 1. The standard InChI is InChI=1S/C40H48N4O3.2H2O/c1-4-23-21-43-17-15-40-30-11-7-9-13-32(30)44-37(40)29(27(23)19-34(40)43)22-47-38(44)35(39(45)46-3)28-18-33-36-26(14-16-42(33)20-24(28)5-2)25-10-6-8-12-31(25)41-36;;/h5-13,23,27-29,33-35,37-38,41H,4,14-22H2,1-3H3;2*1H2/b24-5-;;/t23-,27+,28-,29+,33+,34+,35-,37+,38+,40-;;/m1../s1. The van der Waals surface area contributed by atoms with Gasteiger partial charge in [0, 0.05) is 71.3 Å². The number of aromatic nitrogens is 1. The topological polar surface area (TPSA) is 124 Å². The Morgan fingerprint density at radius 1 is 1.08 bits per heavy atom. The van der Waals surface area contributed by atoms with E-state index in [-0.39, 0.29) is 40.5 Å². The van der Waals surface area contributed by atoms with Gasteiger partial charge in [-0.1, -0.05) is 61.4 Å².